The summed E-state index contributed by atoms with van der Waals surface area (Å²) in [5.41, 5.74) is 0.729. The second kappa shape index (κ2) is 8.62. The van der Waals surface area contributed by atoms with Crippen LogP contribution < -0.4 is 24.8 Å². The van der Waals surface area contributed by atoms with Gasteiger partial charge >= 0.3 is 0 Å². The van der Waals surface area contributed by atoms with E-state index in [1.54, 1.807) is 12.1 Å². The molecular weight excluding hydrogens is 380 g/mol. The summed E-state index contributed by atoms with van der Waals surface area (Å²) in [5.74, 6) is 0.728. The average molecular weight is 396 g/mol. The third-order valence-corrected chi connectivity index (χ3v) is 4.00. The first kappa shape index (κ1) is 19.5. The van der Waals surface area contributed by atoms with E-state index in [0.29, 0.717) is 18.0 Å². The predicted molar refractivity (Wildman–Crippen MR) is 101 cm³/mol. The minimum Gasteiger partial charge on any atom is -0.494 e. The highest BCUT2D eigenvalue weighted by molar-refractivity contribution is 6.07. The molecule has 10 nitrogen and oxygen atoms in total. The zero-order chi connectivity index (χ0) is 20.8. The largest absolute Gasteiger partial charge is 0.494 e. The number of hydrogen-bond donors (Lipinski definition) is 2. The zero-order valence-corrected chi connectivity index (χ0v) is 15.3. The van der Waals surface area contributed by atoms with Crippen LogP contribution in [-0.4, -0.2) is 24.7 Å². The van der Waals surface area contributed by atoms with Crippen molar-refractivity contribution in [2.45, 2.75) is 6.54 Å². The molecule has 0 saturated carbocycles. The van der Waals surface area contributed by atoms with Gasteiger partial charge < -0.3 is 24.8 Å². The number of non-ortho nitro benzene ring substituents is 1. The first-order chi connectivity index (χ1) is 14.0. The lowest BCUT2D eigenvalue weighted by Crippen LogP contribution is -2.17. The molecule has 3 rings (SSSR count). The van der Waals surface area contributed by atoms with E-state index in [1.807, 2.05) is 12.1 Å². The van der Waals surface area contributed by atoms with Gasteiger partial charge in [-0.1, -0.05) is 6.07 Å². The summed E-state index contributed by atoms with van der Waals surface area (Å²) < 4.78 is 15.6. The van der Waals surface area contributed by atoms with Crippen molar-refractivity contribution in [2.75, 3.05) is 19.2 Å². The zero-order valence-electron chi connectivity index (χ0n) is 15.3. The van der Waals surface area contributed by atoms with Gasteiger partial charge in [0.15, 0.2) is 11.5 Å². The van der Waals surface area contributed by atoms with Crippen molar-refractivity contribution < 1.29 is 23.9 Å². The van der Waals surface area contributed by atoms with Crippen LogP contribution in [0.15, 0.2) is 48.2 Å². The Balaban J connectivity index is 1.66. The molecular formula is C19H16N4O6. The quantitative estimate of drug-likeness (QED) is 0.315. The van der Waals surface area contributed by atoms with Crippen molar-refractivity contribution in [1.82, 2.24) is 5.32 Å². The lowest BCUT2D eigenvalue weighted by atomic mass is 10.2. The molecule has 29 heavy (non-hydrogen) atoms. The van der Waals surface area contributed by atoms with E-state index < -0.39 is 10.8 Å². The monoisotopic (exact) mass is 396 g/mol. The summed E-state index contributed by atoms with van der Waals surface area (Å²) in [6.45, 7) is 0.535. The van der Waals surface area contributed by atoms with Gasteiger partial charge in [0, 0.05) is 18.8 Å². The molecule has 1 heterocycles. The van der Waals surface area contributed by atoms with Crippen LogP contribution in [0.3, 0.4) is 0 Å². The fourth-order valence-corrected chi connectivity index (χ4v) is 2.56. The molecule has 1 amide bonds. The maximum absolute atomic E-state index is 12.4. The van der Waals surface area contributed by atoms with Crippen LogP contribution in [0.5, 0.6) is 17.2 Å². The van der Waals surface area contributed by atoms with Crippen LogP contribution in [0.1, 0.15) is 5.56 Å². The molecule has 0 fully saturated rings. The molecule has 0 atom stereocenters. The number of nitro benzene ring substituents is 1. The highest BCUT2D eigenvalue weighted by Gasteiger charge is 2.16. The van der Waals surface area contributed by atoms with Crippen molar-refractivity contribution >= 4 is 17.3 Å². The SMILES string of the molecule is COc1cc([N+](=O)[O-])ccc1NC(=O)/C(C#N)=C\NCc1ccc2c(c1)OCO2. The number of fused-ring (bicyclic) bond motifs is 1. The molecule has 0 saturated heterocycles. The van der Waals surface area contributed by atoms with Gasteiger partial charge in [0.05, 0.1) is 23.8 Å². The lowest BCUT2D eigenvalue weighted by molar-refractivity contribution is -0.384. The summed E-state index contributed by atoms with van der Waals surface area (Å²) in [7, 11) is 1.32. The number of nitro groups is 1. The Kier molecular flexibility index (Phi) is 5.80. The van der Waals surface area contributed by atoms with Gasteiger partial charge in [0.1, 0.15) is 17.4 Å². The number of ether oxygens (including phenoxy) is 3. The molecule has 2 aromatic carbocycles. The Labute approximate surface area is 165 Å². The molecule has 0 radical (unpaired) electrons. The van der Waals surface area contributed by atoms with Gasteiger partial charge in [-0.25, -0.2) is 0 Å². The Morgan fingerprint density at radius 2 is 2.10 bits per heavy atom. The molecule has 0 bridgehead atoms. The maximum Gasteiger partial charge on any atom is 0.273 e. The summed E-state index contributed by atoms with van der Waals surface area (Å²) in [6.07, 6.45) is 1.29. The van der Waals surface area contributed by atoms with E-state index in [-0.39, 0.29) is 29.5 Å². The molecule has 1 aliphatic heterocycles. The van der Waals surface area contributed by atoms with Gasteiger partial charge in [-0.15, -0.1) is 0 Å². The molecule has 2 aromatic rings. The first-order valence-electron chi connectivity index (χ1n) is 8.37. The summed E-state index contributed by atoms with van der Waals surface area (Å²) >= 11 is 0. The number of anilines is 1. The van der Waals surface area contributed by atoms with Gasteiger partial charge in [-0.3, -0.25) is 14.9 Å². The Hall–Kier alpha value is -4.26. The predicted octanol–water partition coefficient (Wildman–Crippen LogP) is 2.47. The van der Waals surface area contributed by atoms with Crippen LogP contribution in [0.2, 0.25) is 0 Å². The summed E-state index contributed by atoms with van der Waals surface area (Å²) in [4.78, 5) is 22.6. The highest BCUT2D eigenvalue weighted by atomic mass is 16.7. The normalized spacial score (nSPS) is 12.1. The van der Waals surface area contributed by atoms with E-state index >= 15 is 0 Å². The molecule has 2 N–H and O–H groups in total. The standard InChI is InChI=1S/C19H16N4O6/c1-27-17-7-14(23(25)26)3-4-15(17)22-19(24)13(8-20)10-21-9-12-2-5-16-18(6-12)29-11-28-16/h2-7,10,21H,9,11H2,1H3,(H,22,24)/b13-10-. The van der Waals surface area contributed by atoms with Gasteiger partial charge in [-0.05, 0) is 23.8 Å². The number of carbonyl (C=O) groups excluding carboxylic acids is 1. The molecule has 0 spiro atoms. The van der Waals surface area contributed by atoms with Crippen LogP contribution >= 0.6 is 0 Å². The molecule has 1 aliphatic rings. The van der Waals surface area contributed by atoms with Gasteiger partial charge in [0.25, 0.3) is 11.6 Å². The van der Waals surface area contributed by atoms with Crippen LogP contribution in [0.4, 0.5) is 11.4 Å². The van der Waals surface area contributed by atoms with Crippen molar-refractivity contribution in [1.29, 1.82) is 5.26 Å². The molecule has 0 aromatic heterocycles. The van der Waals surface area contributed by atoms with E-state index in [4.69, 9.17) is 14.2 Å². The number of methoxy groups -OCH3 is 1. The first-order valence-corrected chi connectivity index (χ1v) is 8.37. The fourth-order valence-electron chi connectivity index (χ4n) is 2.56. The molecule has 148 valence electrons. The third kappa shape index (κ3) is 4.54. The van der Waals surface area contributed by atoms with Crippen LogP contribution in [-0.2, 0) is 11.3 Å². The van der Waals surface area contributed by atoms with Crippen molar-refractivity contribution in [3.63, 3.8) is 0 Å². The van der Waals surface area contributed by atoms with Crippen molar-refractivity contribution in [2.24, 2.45) is 0 Å². The second-order valence-electron chi connectivity index (χ2n) is 5.83. The summed E-state index contributed by atoms with van der Waals surface area (Å²) in [5, 5.41) is 25.5. The Bertz CT molecular complexity index is 1030. The van der Waals surface area contributed by atoms with E-state index in [9.17, 15) is 20.2 Å². The number of nitrogens with one attached hydrogen (secondary N) is 2. The number of hydrogen-bond acceptors (Lipinski definition) is 8. The second-order valence-corrected chi connectivity index (χ2v) is 5.83. The highest BCUT2D eigenvalue weighted by Crippen LogP contribution is 2.32. The fraction of sp³-hybridized carbons (Fsp3) is 0.158. The Morgan fingerprint density at radius 1 is 1.31 bits per heavy atom. The molecule has 0 unspecified atom stereocenters. The molecule has 0 aliphatic carbocycles. The van der Waals surface area contributed by atoms with Gasteiger partial charge in [0.2, 0.25) is 6.79 Å². The minimum absolute atomic E-state index is 0.109. The number of benzene rings is 2. The summed E-state index contributed by atoms with van der Waals surface area (Å²) in [6, 6.07) is 11.0. The maximum atomic E-state index is 12.4. The minimum atomic E-state index is -0.683. The van der Waals surface area contributed by atoms with Gasteiger partial charge in [-0.2, -0.15) is 5.26 Å². The van der Waals surface area contributed by atoms with E-state index in [0.717, 1.165) is 5.56 Å². The Morgan fingerprint density at radius 3 is 2.83 bits per heavy atom. The third-order valence-electron chi connectivity index (χ3n) is 4.00. The van der Waals surface area contributed by atoms with E-state index in [2.05, 4.69) is 10.6 Å². The topological polar surface area (TPSA) is 136 Å². The lowest BCUT2D eigenvalue weighted by Gasteiger charge is -2.10. The number of amides is 1. The van der Waals surface area contributed by atoms with E-state index in [1.165, 1.54) is 31.5 Å². The number of nitrogens with zero attached hydrogens (tertiary/aromatic N) is 2. The number of nitriles is 1. The smallest absolute Gasteiger partial charge is 0.273 e. The molecule has 10 heteroatoms. The number of rotatable bonds is 7. The average Bonchev–Trinajstić information content (AvgIpc) is 3.19. The van der Waals surface area contributed by atoms with Crippen LogP contribution in [0.25, 0.3) is 0 Å². The van der Waals surface area contributed by atoms with Crippen LogP contribution in [0, 0.1) is 21.4 Å². The van der Waals surface area contributed by atoms with Crippen molar-refractivity contribution in [3.05, 3.63) is 63.8 Å². The van der Waals surface area contributed by atoms with Crippen molar-refractivity contribution in [3.8, 4) is 23.3 Å². The number of carbonyl (C=O) groups is 1.